The number of benzene rings is 2. The van der Waals surface area contributed by atoms with Crippen molar-refractivity contribution in [3.63, 3.8) is 0 Å². The van der Waals surface area contributed by atoms with Gasteiger partial charge in [0.05, 0.1) is 0 Å². The summed E-state index contributed by atoms with van der Waals surface area (Å²) in [5, 5.41) is 15.6. The first-order valence-electron chi connectivity index (χ1n) is 13.3. The molecule has 0 bridgehead atoms. The molecule has 0 aliphatic heterocycles. The summed E-state index contributed by atoms with van der Waals surface area (Å²) in [4.78, 5) is 42.0. The molecule has 0 saturated carbocycles. The Bertz CT molecular complexity index is 1030. The van der Waals surface area contributed by atoms with Crippen LogP contribution in [0.25, 0.3) is 0 Å². The van der Waals surface area contributed by atoms with Gasteiger partial charge in [-0.2, -0.15) is 0 Å². The number of nitrogens with one attached hydrogen (secondary N) is 2. The minimum absolute atomic E-state index is 0.0619. The van der Waals surface area contributed by atoms with Gasteiger partial charge in [0.15, 0.2) is 0 Å². The molecular weight excluding hydrogens is 482 g/mol. The van der Waals surface area contributed by atoms with Crippen LogP contribution in [0.2, 0.25) is 0 Å². The lowest BCUT2D eigenvalue weighted by atomic mass is 9.98. The molecule has 0 aliphatic carbocycles. The minimum atomic E-state index is -0.970. The second-order valence-corrected chi connectivity index (χ2v) is 10.7. The first kappa shape index (κ1) is 30.7. The van der Waals surface area contributed by atoms with Crippen LogP contribution in [0.4, 0.5) is 4.79 Å². The van der Waals surface area contributed by atoms with Crippen LogP contribution in [0.5, 0.6) is 5.75 Å². The zero-order valence-electron chi connectivity index (χ0n) is 23.5. The summed E-state index contributed by atoms with van der Waals surface area (Å²) in [7, 11) is 0. The summed E-state index contributed by atoms with van der Waals surface area (Å²) in [5.74, 6) is -0.659. The van der Waals surface area contributed by atoms with Gasteiger partial charge < -0.3 is 25.4 Å². The Morgan fingerprint density at radius 1 is 0.974 bits per heavy atom. The van der Waals surface area contributed by atoms with Gasteiger partial charge in [0.25, 0.3) is 0 Å². The van der Waals surface area contributed by atoms with Crippen molar-refractivity contribution in [3.05, 3.63) is 65.7 Å². The maximum Gasteiger partial charge on any atom is 0.408 e. The number of nitrogens with zero attached hydrogens (tertiary/aromatic N) is 1. The summed E-state index contributed by atoms with van der Waals surface area (Å²) >= 11 is 0. The molecule has 8 heteroatoms. The summed E-state index contributed by atoms with van der Waals surface area (Å²) in [5.41, 5.74) is 0.680. The molecule has 2 unspecified atom stereocenters. The largest absolute Gasteiger partial charge is 0.508 e. The Hall–Kier alpha value is -3.55. The van der Waals surface area contributed by atoms with Crippen LogP contribution < -0.4 is 10.6 Å². The maximum atomic E-state index is 14.2. The number of alkyl carbamates (subject to hydrolysis) is 1. The van der Waals surface area contributed by atoms with E-state index in [1.165, 1.54) is 17.0 Å². The van der Waals surface area contributed by atoms with E-state index in [2.05, 4.69) is 17.6 Å². The van der Waals surface area contributed by atoms with Crippen LogP contribution in [0.3, 0.4) is 0 Å². The molecule has 2 aromatic rings. The average molecular weight is 526 g/mol. The van der Waals surface area contributed by atoms with Gasteiger partial charge in [-0.1, -0.05) is 62.2 Å². The van der Waals surface area contributed by atoms with Crippen molar-refractivity contribution in [1.29, 1.82) is 0 Å². The predicted octanol–water partition coefficient (Wildman–Crippen LogP) is 5.11. The maximum absolute atomic E-state index is 14.2. The van der Waals surface area contributed by atoms with Gasteiger partial charge >= 0.3 is 6.09 Å². The number of rotatable bonds is 12. The smallest absolute Gasteiger partial charge is 0.408 e. The van der Waals surface area contributed by atoms with E-state index in [-0.39, 0.29) is 24.1 Å². The topological polar surface area (TPSA) is 108 Å². The molecule has 208 valence electrons. The molecular formula is C30H43N3O5. The summed E-state index contributed by atoms with van der Waals surface area (Å²) in [6.45, 7) is 11.5. The van der Waals surface area contributed by atoms with Gasteiger partial charge in [-0.3, -0.25) is 9.59 Å². The van der Waals surface area contributed by atoms with E-state index in [1.54, 1.807) is 32.9 Å². The van der Waals surface area contributed by atoms with E-state index in [0.29, 0.717) is 12.1 Å². The number of hydrogen-bond acceptors (Lipinski definition) is 5. The van der Waals surface area contributed by atoms with Crippen LogP contribution in [0, 0.1) is 0 Å². The standard InChI is InChI=1S/C30H43N3O5/c1-7-8-12-19-31-27(35)26(23-15-17-24(34)18-16-23)33(21(2)3)28(36)25(20-22-13-10-9-11-14-22)32-29(37)38-30(4,5)6/h9-11,13-18,21,25-26,34H,7-8,12,19-20H2,1-6H3,(H,31,35)(H,32,37). The van der Waals surface area contributed by atoms with Crippen LogP contribution >= 0.6 is 0 Å². The number of amides is 3. The van der Waals surface area contributed by atoms with Gasteiger partial charge in [0.1, 0.15) is 23.4 Å². The fourth-order valence-electron chi connectivity index (χ4n) is 4.14. The summed E-state index contributed by atoms with van der Waals surface area (Å²) in [6, 6.07) is 13.4. The number of ether oxygens (including phenoxy) is 1. The first-order chi connectivity index (χ1) is 17.9. The number of unbranched alkanes of at least 4 members (excludes halogenated alkanes) is 2. The molecule has 0 aromatic heterocycles. The molecule has 0 fully saturated rings. The fraction of sp³-hybridized carbons (Fsp3) is 0.500. The fourth-order valence-corrected chi connectivity index (χ4v) is 4.14. The molecule has 0 spiro atoms. The van der Waals surface area contributed by atoms with Crippen LogP contribution in [0.1, 0.15) is 78.0 Å². The van der Waals surface area contributed by atoms with Crippen molar-refractivity contribution in [2.24, 2.45) is 0 Å². The second-order valence-electron chi connectivity index (χ2n) is 10.7. The molecule has 2 atom stereocenters. The summed E-state index contributed by atoms with van der Waals surface area (Å²) in [6.07, 6.45) is 2.35. The lowest BCUT2D eigenvalue weighted by Crippen LogP contribution is -2.55. The Morgan fingerprint density at radius 2 is 1.61 bits per heavy atom. The van der Waals surface area contributed by atoms with Crippen LogP contribution in [-0.2, 0) is 20.7 Å². The van der Waals surface area contributed by atoms with E-state index in [0.717, 1.165) is 24.8 Å². The normalized spacial score (nSPS) is 12.9. The zero-order valence-corrected chi connectivity index (χ0v) is 23.5. The Morgan fingerprint density at radius 3 is 2.16 bits per heavy atom. The van der Waals surface area contributed by atoms with Crippen molar-refractivity contribution in [3.8, 4) is 5.75 Å². The van der Waals surface area contributed by atoms with E-state index >= 15 is 0 Å². The molecule has 0 radical (unpaired) electrons. The molecule has 2 rings (SSSR count). The predicted molar refractivity (Wildman–Crippen MR) is 149 cm³/mol. The van der Waals surface area contributed by atoms with Crippen molar-refractivity contribution >= 4 is 17.9 Å². The van der Waals surface area contributed by atoms with Crippen LogP contribution in [0.15, 0.2) is 54.6 Å². The molecule has 0 aliphatic rings. The van der Waals surface area contributed by atoms with Gasteiger partial charge in [-0.05, 0) is 64.3 Å². The quantitative estimate of drug-likeness (QED) is 0.334. The average Bonchev–Trinajstić information content (AvgIpc) is 2.84. The minimum Gasteiger partial charge on any atom is -0.508 e. The SMILES string of the molecule is CCCCCNC(=O)C(c1ccc(O)cc1)N(C(=O)C(Cc1ccccc1)NC(=O)OC(C)(C)C)C(C)C. The summed E-state index contributed by atoms with van der Waals surface area (Å²) < 4.78 is 5.45. The van der Waals surface area contributed by atoms with Gasteiger partial charge in [0, 0.05) is 19.0 Å². The molecule has 3 N–H and O–H groups in total. The number of carbonyl (C=O) groups excluding carboxylic acids is 3. The molecule has 0 heterocycles. The lowest BCUT2D eigenvalue weighted by Gasteiger charge is -2.37. The zero-order chi connectivity index (χ0) is 28.3. The third kappa shape index (κ3) is 9.72. The Labute approximate surface area is 226 Å². The number of carbonyl (C=O) groups is 3. The molecule has 38 heavy (non-hydrogen) atoms. The van der Waals surface area contributed by atoms with E-state index < -0.39 is 29.7 Å². The van der Waals surface area contributed by atoms with Crippen molar-refractivity contribution in [2.75, 3.05) is 6.54 Å². The lowest BCUT2D eigenvalue weighted by molar-refractivity contribution is -0.144. The van der Waals surface area contributed by atoms with Crippen molar-refractivity contribution in [1.82, 2.24) is 15.5 Å². The molecule has 3 amide bonds. The van der Waals surface area contributed by atoms with E-state index in [9.17, 15) is 19.5 Å². The highest BCUT2D eigenvalue weighted by molar-refractivity contribution is 5.92. The Balaban J connectivity index is 2.46. The second kappa shape index (κ2) is 14.4. The third-order valence-electron chi connectivity index (χ3n) is 5.90. The van der Waals surface area contributed by atoms with Gasteiger partial charge in [-0.15, -0.1) is 0 Å². The number of phenols is 1. The number of phenolic OH excluding ortho intramolecular Hbond substituents is 1. The highest BCUT2D eigenvalue weighted by atomic mass is 16.6. The van der Waals surface area contributed by atoms with E-state index in [1.807, 2.05) is 44.2 Å². The van der Waals surface area contributed by atoms with Crippen molar-refractivity contribution < 1.29 is 24.2 Å². The number of hydrogen-bond donors (Lipinski definition) is 3. The van der Waals surface area contributed by atoms with Gasteiger partial charge in [0.2, 0.25) is 11.8 Å². The molecule has 2 aromatic carbocycles. The van der Waals surface area contributed by atoms with Gasteiger partial charge in [-0.25, -0.2) is 4.79 Å². The van der Waals surface area contributed by atoms with E-state index in [4.69, 9.17) is 4.74 Å². The Kier molecular flexibility index (Phi) is 11.6. The third-order valence-corrected chi connectivity index (χ3v) is 5.90. The molecule has 0 saturated heterocycles. The first-order valence-corrected chi connectivity index (χ1v) is 13.3. The van der Waals surface area contributed by atoms with Crippen LogP contribution in [-0.4, -0.2) is 52.1 Å². The molecule has 8 nitrogen and oxygen atoms in total. The highest BCUT2D eigenvalue weighted by Gasteiger charge is 2.37. The van der Waals surface area contributed by atoms with Crippen molar-refractivity contribution in [2.45, 2.75) is 91.0 Å². The number of aromatic hydroxyl groups is 1. The highest BCUT2D eigenvalue weighted by Crippen LogP contribution is 2.27. The monoisotopic (exact) mass is 525 g/mol.